The fourth-order valence-electron chi connectivity index (χ4n) is 0.957. The minimum Gasteiger partial charge on any atom is -0.460 e. The second-order valence-electron chi connectivity index (χ2n) is 3.74. The van der Waals surface area contributed by atoms with E-state index in [1.54, 1.807) is 20.0 Å². The van der Waals surface area contributed by atoms with Gasteiger partial charge in [0.1, 0.15) is 5.73 Å². The molecule has 0 radical (unpaired) electrons. The van der Waals surface area contributed by atoms with Crippen LogP contribution in [0.3, 0.4) is 0 Å². The van der Waals surface area contributed by atoms with E-state index in [4.69, 9.17) is 4.74 Å². The zero-order valence-electron chi connectivity index (χ0n) is 8.76. The van der Waals surface area contributed by atoms with Crippen molar-refractivity contribution in [1.29, 1.82) is 0 Å². The maximum Gasteiger partial charge on any atom is 0.333 e. The predicted octanol–water partition coefficient (Wildman–Crippen LogP) is 1.62. The van der Waals surface area contributed by atoms with Gasteiger partial charge in [0, 0.05) is 5.57 Å². The average Bonchev–Trinajstić information content (AvgIpc) is 1.96. The highest BCUT2D eigenvalue weighted by Gasteiger charge is 2.32. The van der Waals surface area contributed by atoms with E-state index < -0.39 is 14.3 Å². The Bertz CT molecular complexity index is 205. The van der Waals surface area contributed by atoms with E-state index in [-0.39, 0.29) is 5.73 Å². The maximum absolute atomic E-state index is 11.1. The van der Waals surface area contributed by atoms with Crippen LogP contribution in [0, 0.1) is 0 Å². The molecule has 0 saturated heterocycles. The Balaban J connectivity index is 4.31. The molecule has 0 aliphatic heterocycles. The SMILES string of the molecule is C=C(C)C(=O)OC(CC)[Si](C)(C)O. The highest BCUT2D eigenvalue weighted by Crippen LogP contribution is 2.13. The van der Waals surface area contributed by atoms with Crippen molar-refractivity contribution in [2.45, 2.75) is 39.1 Å². The van der Waals surface area contributed by atoms with Gasteiger partial charge in [-0.3, -0.25) is 0 Å². The number of hydrogen-bond donors (Lipinski definition) is 1. The highest BCUT2D eigenvalue weighted by atomic mass is 28.4. The summed E-state index contributed by atoms with van der Waals surface area (Å²) in [6, 6.07) is 0. The van der Waals surface area contributed by atoms with E-state index in [2.05, 4.69) is 6.58 Å². The first-order chi connectivity index (χ1) is 5.79. The topological polar surface area (TPSA) is 46.5 Å². The predicted molar refractivity (Wildman–Crippen MR) is 54.7 cm³/mol. The summed E-state index contributed by atoms with van der Waals surface area (Å²) in [6.45, 7) is 10.5. The summed E-state index contributed by atoms with van der Waals surface area (Å²) in [5, 5.41) is 0. The van der Waals surface area contributed by atoms with Gasteiger partial charge in [0.15, 0.2) is 0 Å². The second kappa shape index (κ2) is 4.57. The van der Waals surface area contributed by atoms with Crippen molar-refractivity contribution < 1.29 is 14.3 Å². The van der Waals surface area contributed by atoms with Gasteiger partial charge in [0.25, 0.3) is 0 Å². The first kappa shape index (κ1) is 12.4. The Morgan fingerprint density at radius 2 is 2.08 bits per heavy atom. The molecule has 0 rings (SSSR count). The lowest BCUT2D eigenvalue weighted by molar-refractivity contribution is -0.141. The van der Waals surface area contributed by atoms with Gasteiger partial charge < -0.3 is 9.53 Å². The summed E-state index contributed by atoms with van der Waals surface area (Å²) in [7, 11) is -2.38. The Morgan fingerprint density at radius 3 is 2.31 bits per heavy atom. The molecule has 0 amide bonds. The normalized spacial score (nSPS) is 13.6. The molecule has 1 unspecified atom stereocenters. The van der Waals surface area contributed by atoms with Crippen LogP contribution in [0.4, 0.5) is 0 Å². The van der Waals surface area contributed by atoms with Crippen LogP contribution in [0.15, 0.2) is 12.2 Å². The molecule has 0 bridgehead atoms. The molecule has 76 valence electrons. The summed E-state index contributed by atoms with van der Waals surface area (Å²) < 4.78 is 5.10. The largest absolute Gasteiger partial charge is 0.460 e. The fourth-order valence-corrected chi connectivity index (χ4v) is 2.35. The lowest BCUT2D eigenvalue weighted by Crippen LogP contribution is -2.44. The Kier molecular flexibility index (Phi) is 4.36. The Hall–Kier alpha value is -0.613. The van der Waals surface area contributed by atoms with Gasteiger partial charge in [-0.25, -0.2) is 4.79 Å². The van der Waals surface area contributed by atoms with Crippen LogP contribution in [0.25, 0.3) is 0 Å². The van der Waals surface area contributed by atoms with Gasteiger partial charge in [-0.05, 0) is 26.4 Å². The molecule has 0 saturated carbocycles. The molecule has 0 aliphatic carbocycles. The smallest absolute Gasteiger partial charge is 0.333 e. The summed E-state index contributed by atoms with van der Waals surface area (Å²) in [6.07, 6.45) is 0.648. The van der Waals surface area contributed by atoms with Crippen molar-refractivity contribution in [1.82, 2.24) is 0 Å². The van der Waals surface area contributed by atoms with E-state index in [0.717, 1.165) is 0 Å². The number of carbonyl (C=O) groups excluding carboxylic acids is 1. The van der Waals surface area contributed by atoms with Crippen LogP contribution in [-0.4, -0.2) is 24.8 Å². The van der Waals surface area contributed by atoms with Crippen LogP contribution in [0.1, 0.15) is 20.3 Å². The molecule has 0 aliphatic rings. The minimum atomic E-state index is -2.38. The number of carbonyl (C=O) groups is 1. The number of hydrogen-bond acceptors (Lipinski definition) is 3. The quantitative estimate of drug-likeness (QED) is 0.428. The summed E-state index contributed by atoms with van der Waals surface area (Å²) in [5.41, 5.74) is 0.0356. The standard InChI is InChI=1S/C9H18O3Si/c1-6-8(13(4,5)11)12-9(10)7(2)3/h8,11H,2,6H2,1,3-5H3. The molecule has 0 heterocycles. The molecule has 13 heavy (non-hydrogen) atoms. The molecule has 0 aromatic rings. The second-order valence-corrected chi connectivity index (χ2v) is 7.69. The number of esters is 1. The molecular weight excluding hydrogens is 184 g/mol. The average molecular weight is 202 g/mol. The molecular formula is C9H18O3Si. The highest BCUT2D eigenvalue weighted by molar-refractivity contribution is 6.71. The molecule has 0 aromatic carbocycles. The first-order valence-electron chi connectivity index (χ1n) is 4.38. The summed E-state index contributed by atoms with van der Waals surface area (Å²) in [5.74, 6) is -0.415. The third kappa shape index (κ3) is 4.24. The van der Waals surface area contributed by atoms with Crippen molar-refractivity contribution in [2.75, 3.05) is 0 Å². The molecule has 0 aromatic heterocycles. The van der Waals surface area contributed by atoms with E-state index in [0.29, 0.717) is 12.0 Å². The zero-order valence-corrected chi connectivity index (χ0v) is 9.76. The van der Waals surface area contributed by atoms with Gasteiger partial charge in [-0.2, -0.15) is 0 Å². The third-order valence-corrected chi connectivity index (χ3v) is 3.86. The molecule has 3 nitrogen and oxygen atoms in total. The van der Waals surface area contributed by atoms with Crippen LogP contribution in [0.2, 0.25) is 13.1 Å². The Morgan fingerprint density at radius 1 is 1.62 bits per heavy atom. The van der Waals surface area contributed by atoms with Gasteiger partial charge in [-0.15, -0.1) is 0 Å². The molecule has 1 N–H and O–H groups in total. The van der Waals surface area contributed by atoms with E-state index in [9.17, 15) is 9.59 Å². The maximum atomic E-state index is 11.1. The van der Waals surface area contributed by atoms with Gasteiger partial charge in [-0.1, -0.05) is 13.5 Å². The molecule has 0 spiro atoms. The van der Waals surface area contributed by atoms with Crippen molar-refractivity contribution in [3.05, 3.63) is 12.2 Å². The van der Waals surface area contributed by atoms with E-state index in [1.165, 1.54) is 0 Å². The van der Waals surface area contributed by atoms with Crippen LogP contribution < -0.4 is 0 Å². The van der Waals surface area contributed by atoms with Crippen LogP contribution in [-0.2, 0) is 9.53 Å². The Labute approximate surface area is 80.5 Å². The lowest BCUT2D eigenvalue weighted by atomic mass is 10.4. The lowest BCUT2D eigenvalue weighted by Gasteiger charge is -2.25. The monoisotopic (exact) mass is 202 g/mol. The van der Waals surface area contributed by atoms with E-state index in [1.807, 2.05) is 6.92 Å². The van der Waals surface area contributed by atoms with Crippen LogP contribution in [0.5, 0.6) is 0 Å². The minimum absolute atomic E-state index is 0.336. The fraction of sp³-hybridized carbons (Fsp3) is 0.667. The van der Waals surface area contributed by atoms with E-state index >= 15 is 0 Å². The van der Waals surface area contributed by atoms with Crippen molar-refractivity contribution in [2.24, 2.45) is 0 Å². The third-order valence-electron chi connectivity index (χ3n) is 1.76. The molecule has 4 heteroatoms. The van der Waals surface area contributed by atoms with Crippen molar-refractivity contribution >= 4 is 14.3 Å². The number of rotatable bonds is 4. The van der Waals surface area contributed by atoms with Crippen molar-refractivity contribution in [3.8, 4) is 0 Å². The van der Waals surface area contributed by atoms with Gasteiger partial charge in [0.05, 0.1) is 0 Å². The molecule has 0 fully saturated rings. The van der Waals surface area contributed by atoms with Gasteiger partial charge >= 0.3 is 5.97 Å². The number of ether oxygens (including phenoxy) is 1. The van der Waals surface area contributed by atoms with Crippen LogP contribution >= 0.6 is 0 Å². The zero-order chi connectivity index (χ0) is 10.6. The van der Waals surface area contributed by atoms with Crippen molar-refractivity contribution in [3.63, 3.8) is 0 Å². The first-order valence-corrected chi connectivity index (χ1v) is 7.40. The summed E-state index contributed by atoms with van der Waals surface area (Å²) >= 11 is 0. The molecule has 1 atom stereocenters. The van der Waals surface area contributed by atoms with Gasteiger partial charge in [0.2, 0.25) is 8.32 Å². The summed E-state index contributed by atoms with van der Waals surface area (Å²) in [4.78, 5) is 20.9.